The molecule has 1 aliphatic heterocycles. The molecule has 3 heterocycles. The second-order valence-electron chi connectivity index (χ2n) is 6.70. The number of nitrogens with zero attached hydrogens (tertiary/aromatic N) is 3. The van der Waals surface area contributed by atoms with Crippen LogP contribution in [0.5, 0.6) is 0 Å². The molecule has 1 saturated carbocycles. The Morgan fingerprint density at radius 3 is 2.96 bits per heavy atom. The number of aromatic nitrogens is 3. The van der Waals surface area contributed by atoms with Crippen LogP contribution >= 0.6 is 0 Å². The molecule has 2 amide bonds. The Bertz CT molecular complexity index is 750. The van der Waals surface area contributed by atoms with E-state index in [2.05, 4.69) is 20.5 Å². The zero-order valence-electron chi connectivity index (χ0n) is 13.9. The van der Waals surface area contributed by atoms with Crippen molar-refractivity contribution in [3.63, 3.8) is 0 Å². The standard InChI is InChI=1S/C17H21N5O3/c23-16(12-3-1-7-22(10-12)17(24)11-5-6-11)18-9-14-19-15(21-20-14)13-4-2-8-25-13/h2,4,8,11-12H,1,3,5-7,9-10H2,(H,18,23)(H,19,20,21)/t12-/m0/s1. The summed E-state index contributed by atoms with van der Waals surface area (Å²) in [4.78, 5) is 30.8. The zero-order chi connectivity index (χ0) is 17.2. The monoisotopic (exact) mass is 343 g/mol. The Hall–Kier alpha value is -2.64. The quantitative estimate of drug-likeness (QED) is 0.852. The highest BCUT2D eigenvalue weighted by atomic mass is 16.3. The lowest BCUT2D eigenvalue weighted by Crippen LogP contribution is -2.45. The molecule has 0 unspecified atom stereocenters. The fourth-order valence-corrected chi connectivity index (χ4v) is 3.19. The van der Waals surface area contributed by atoms with Gasteiger partial charge in [-0.15, -0.1) is 5.10 Å². The van der Waals surface area contributed by atoms with Crippen molar-refractivity contribution in [2.45, 2.75) is 32.2 Å². The van der Waals surface area contributed by atoms with Crippen molar-refractivity contribution in [2.75, 3.05) is 13.1 Å². The molecular weight excluding hydrogens is 322 g/mol. The number of H-pyrrole nitrogens is 1. The number of likely N-dealkylation sites (tertiary alicyclic amines) is 1. The van der Waals surface area contributed by atoms with Crippen molar-refractivity contribution in [3.8, 4) is 11.6 Å². The highest BCUT2D eigenvalue weighted by Gasteiger charge is 2.36. The Balaban J connectivity index is 1.30. The largest absolute Gasteiger partial charge is 0.461 e. The SMILES string of the molecule is O=C(NCc1nc(-c2ccco2)n[nH]1)[C@H]1CCCN(C(=O)C2CC2)C1. The Morgan fingerprint density at radius 1 is 1.32 bits per heavy atom. The first-order valence-corrected chi connectivity index (χ1v) is 8.72. The summed E-state index contributed by atoms with van der Waals surface area (Å²) < 4.78 is 5.24. The minimum absolute atomic E-state index is 0.0377. The number of piperidine rings is 1. The van der Waals surface area contributed by atoms with Gasteiger partial charge in [-0.1, -0.05) is 0 Å². The van der Waals surface area contributed by atoms with E-state index in [4.69, 9.17) is 4.42 Å². The smallest absolute Gasteiger partial charge is 0.225 e. The molecule has 2 aliphatic rings. The topological polar surface area (TPSA) is 104 Å². The summed E-state index contributed by atoms with van der Waals surface area (Å²) in [7, 11) is 0. The minimum atomic E-state index is -0.149. The predicted octanol–water partition coefficient (Wildman–Crippen LogP) is 1.33. The number of nitrogens with one attached hydrogen (secondary N) is 2. The maximum Gasteiger partial charge on any atom is 0.225 e. The molecular formula is C17H21N5O3. The van der Waals surface area contributed by atoms with Gasteiger partial charge in [0.05, 0.1) is 18.7 Å². The first kappa shape index (κ1) is 15.9. The molecule has 2 fully saturated rings. The number of carbonyl (C=O) groups is 2. The summed E-state index contributed by atoms with van der Waals surface area (Å²) in [5.74, 6) is 1.85. The molecule has 2 N–H and O–H groups in total. The van der Waals surface area contributed by atoms with Gasteiger partial charge in [-0.05, 0) is 37.8 Å². The molecule has 8 nitrogen and oxygen atoms in total. The van der Waals surface area contributed by atoms with Crippen LogP contribution in [0, 0.1) is 11.8 Å². The molecule has 8 heteroatoms. The van der Waals surface area contributed by atoms with E-state index in [-0.39, 0.29) is 30.2 Å². The van der Waals surface area contributed by atoms with Crippen LogP contribution in [-0.4, -0.2) is 45.0 Å². The van der Waals surface area contributed by atoms with Crippen LogP contribution < -0.4 is 5.32 Å². The summed E-state index contributed by atoms with van der Waals surface area (Å²) in [6, 6.07) is 3.55. The molecule has 1 saturated heterocycles. The predicted molar refractivity (Wildman–Crippen MR) is 88.0 cm³/mol. The summed E-state index contributed by atoms with van der Waals surface area (Å²) in [6.45, 7) is 1.57. The van der Waals surface area contributed by atoms with E-state index in [0.29, 0.717) is 24.0 Å². The molecule has 0 spiro atoms. The third kappa shape index (κ3) is 3.57. The number of hydrogen-bond donors (Lipinski definition) is 2. The third-order valence-electron chi connectivity index (χ3n) is 4.73. The molecule has 2 aromatic heterocycles. The zero-order valence-corrected chi connectivity index (χ0v) is 13.9. The maximum atomic E-state index is 12.4. The van der Waals surface area contributed by atoms with E-state index >= 15 is 0 Å². The Labute approximate surface area is 145 Å². The number of aromatic amines is 1. The van der Waals surface area contributed by atoms with Crippen LogP contribution in [0.2, 0.25) is 0 Å². The molecule has 0 aromatic carbocycles. The second-order valence-corrected chi connectivity index (χ2v) is 6.70. The van der Waals surface area contributed by atoms with E-state index in [1.54, 1.807) is 18.4 Å². The highest BCUT2D eigenvalue weighted by molar-refractivity contribution is 5.83. The maximum absolute atomic E-state index is 12.4. The molecule has 0 radical (unpaired) electrons. The van der Waals surface area contributed by atoms with Crippen molar-refractivity contribution >= 4 is 11.8 Å². The van der Waals surface area contributed by atoms with Gasteiger partial charge in [0, 0.05) is 19.0 Å². The van der Waals surface area contributed by atoms with E-state index < -0.39 is 0 Å². The lowest BCUT2D eigenvalue weighted by molar-refractivity contribution is -0.136. The average molecular weight is 343 g/mol. The van der Waals surface area contributed by atoms with Gasteiger partial charge in [0.25, 0.3) is 0 Å². The van der Waals surface area contributed by atoms with Gasteiger partial charge in [-0.2, -0.15) is 0 Å². The molecule has 1 aliphatic carbocycles. The normalized spacial score (nSPS) is 20.5. The average Bonchev–Trinajstić information content (AvgIpc) is 3.14. The Morgan fingerprint density at radius 2 is 2.20 bits per heavy atom. The molecule has 4 rings (SSSR count). The summed E-state index contributed by atoms with van der Waals surface area (Å²) in [5, 5.41) is 9.77. The van der Waals surface area contributed by atoms with Gasteiger partial charge < -0.3 is 14.6 Å². The van der Waals surface area contributed by atoms with E-state index in [1.165, 1.54) is 0 Å². The van der Waals surface area contributed by atoms with Crippen molar-refractivity contribution < 1.29 is 14.0 Å². The molecule has 25 heavy (non-hydrogen) atoms. The van der Waals surface area contributed by atoms with Gasteiger partial charge in [-0.25, -0.2) is 4.98 Å². The summed E-state index contributed by atoms with van der Waals surface area (Å²) >= 11 is 0. The van der Waals surface area contributed by atoms with Gasteiger partial charge in [0.1, 0.15) is 5.82 Å². The first-order chi connectivity index (χ1) is 12.2. The van der Waals surface area contributed by atoms with E-state index in [0.717, 1.165) is 32.2 Å². The van der Waals surface area contributed by atoms with Crippen molar-refractivity contribution in [1.82, 2.24) is 25.4 Å². The van der Waals surface area contributed by atoms with Crippen molar-refractivity contribution in [2.24, 2.45) is 11.8 Å². The molecule has 2 aromatic rings. The van der Waals surface area contributed by atoms with Gasteiger partial charge in [-0.3, -0.25) is 14.7 Å². The van der Waals surface area contributed by atoms with Crippen LogP contribution in [0.15, 0.2) is 22.8 Å². The van der Waals surface area contributed by atoms with E-state index in [9.17, 15) is 9.59 Å². The van der Waals surface area contributed by atoms with Crippen molar-refractivity contribution in [1.29, 1.82) is 0 Å². The van der Waals surface area contributed by atoms with Gasteiger partial charge in [0.15, 0.2) is 5.76 Å². The molecule has 1 atom stereocenters. The van der Waals surface area contributed by atoms with Gasteiger partial charge in [0.2, 0.25) is 17.6 Å². The number of hydrogen-bond acceptors (Lipinski definition) is 5. The summed E-state index contributed by atoms with van der Waals surface area (Å²) in [6.07, 6.45) is 5.24. The fraction of sp³-hybridized carbons (Fsp3) is 0.529. The van der Waals surface area contributed by atoms with Crippen LogP contribution in [-0.2, 0) is 16.1 Å². The second kappa shape index (κ2) is 6.70. The van der Waals surface area contributed by atoms with Crippen LogP contribution in [0.4, 0.5) is 0 Å². The first-order valence-electron chi connectivity index (χ1n) is 8.72. The lowest BCUT2D eigenvalue weighted by atomic mass is 9.96. The summed E-state index contributed by atoms with van der Waals surface area (Å²) in [5.41, 5.74) is 0. The van der Waals surface area contributed by atoms with Crippen LogP contribution in [0.25, 0.3) is 11.6 Å². The van der Waals surface area contributed by atoms with E-state index in [1.807, 2.05) is 4.90 Å². The number of carbonyl (C=O) groups excluding carboxylic acids is 2. The van der Waals surface area contributed by atoms with Crippen molar-refractivity contribution in [3.05, 3.63) is 24.2 Å². The highest BCUT2D eigenvalue weighted by Crippen LogP contribution is 2.32. The number of rotatable bonds is 5. The Kier molecular flexibility index (Phi) is 4.25. The third-order valence-corrected chi connectivity index (χ3v) is 4.73. The minimum Gasteiger partial charge on any atom is -0.461 e. The molecule has 132 valence electrons. The number of furan rings is 1. The van der Waals surface area contributed by atoms with Crippen LogP contribution in [0.1, 0.15) is 31.5 Å². The number of amides is 2. The fourth-order valence-electron chi connectivity index (χ4n) is 3.19. The molecule has 0 bridgehead atoms. The lowest BCUT2D eigenvalue weighted by Gasteiger charge is -2.32. The van der Waals surface area contributed by atoms with Gasteiger partial charge >= 0.3 is 0 Å². The van der Waals surface area contributed by atoms with Crippen LogP contribution in [0.3, 0.4) is 0 Å².